The quantitative estimate of drug-likeness (QED) is 0.697. The number of nitrogens with zero attached hydrogens (tertiary/aromatic N) is 1. The predicted octanol–water partition coefficient (Wildman–Crippen LogP) is 2.17. The van der Waals surface area contributed by atoms with E-state index in [0.717, 1.165) is 18.5 Å². The number of carboxylic acids is 1. The molecule has 0 spiro atoms. The van der Waals surface area contributed by atoms with Gasteiger partial charge in [0.1, 0.15) is 6.04 Å². The summed E-state index contributed by atoms with van der Waals surface area (Å²) >= 11 is 1.34. The minimum Gasteiger partial charge on any atom is -0.480 e. The summed E-state index contributed by atoms with van der Waals surface area (Å²) in [7, 11) is 0. The van der Waals surface area contributed by atoms with Gasteiger partial charge >= 0.3 is 12.0 Å². The Kier molecular flexibility index (Phi) is 4.16. The Morgan fingerprint density at radius 2 is 2.37 bits per heavy atom. The third-order valence-corrected chi connectivity index (χ3v) is 3.52. The molecule has 1 aliphatic rings. The number of carbonyl (C=O) groups excluding carboxylic acids is 1. The molecule has 0 saturated heterocycles. The van der Waals surface area contributed by atoms with Gasteiger partial charge in [0, 0.05) is 11.3 Å². The maximum Gasteiger partial charge on any atom is 0.326 e. The summed E-state index contributed by atoms with van der Waals surface area (Å²) in [6.07, 6.45) is 3.92. The van der Waals surface area contributed by atoms with Crippen molar-refractivity contribution < 1.29 is 14.7 Å². The lowest BCUT2D eigenvalue weighted by atomic mass is 10.2. The lowest BCUT2D eigenvalue weighted by Crippen LogP contribution is -2.42. The Morgan fingerprint density at radius 1 is 1.63 bits per heavy atom. The van der Waals surface area contributed by atoms with Crippen molar-refractivity contribution in [1.29, 1.82) is 0 Å². The van der Waals surface area contributed by atoms with Gasteiger partial charge in [-0.15, -0.1) is 17.9 Å². The second-order valence-electron chi connectivity index (χ2n) is 4.37. The standard InChI is InChI=1S/C12H15N3O3S/c1-2-3-8(10(16)17)13-11(18)15-12-14-9(6-19-12)7-4-5-7/h2,6-8H,1,3-5H2,(H,16,17)(H2,13,14,15,18). The summed E-state index contributed by atoms with van der Waals surface area (Å²) < 4.78 is 0. The molecular formula is C12H15N3O3S. The molecule has 1 heterocycles. The van der Waals surface area contributed by atoms with Gasteiger partial charge in [0.2, 0.25) is 0 Å². The Bertz CT molecular complexity index is 496. The van der Waals surface area contributed by atoms with E-state index in [9.17, 15) is 9.59 Å². The van der Waals surface area contributed by atoms with E-state index in [1.54, 1.807) is 0 Å². The van der Waals surface area contributed by atoms with E-state index in [2.05, 4.69) is 22.2 Å². The first-order chi connectivity index (χ1) is 9.10. The highest BCUT2D eigenvalue weighted by atomic mass is 32.1. The highest BCUT2D eigenvalue weighted by Crippen LogP contribution is 2.40. The molecule has 1 atom stereocenters. The average Bonchev–Trinajstić information content (AvgIpc) is 3.10. The van der Waals surface area contributed by atoms with Gasteiger partial charge < -0.3 is 10.4 Å². The maximum absolute atomic E-state index is 11.6. The molecular weight excluding hydrogens is 266 g/mol. The Morgan fingerprint density at radius 3 is 2.95 bits per heavy atom. The van der Waals surface area contributed by atoms with E-state index in [1.807, 2.05) is 5.38 Å². The predicted molar refractivity (Wildman–Crippen MR) is 72.5 cm³/mol. The fourth-order valence-electron chi connectivity index (χ4n) is 1.59. The molecule has 19 heavy (non-hydrogen) atoms. The number of nitrogens with one attached hydrogen (secondary N) is 2. The second-order valence-corrected chi connectivity index (χ2v) is 5.22. The fraction of sp³-hybridized carbons (Fsp3) is 0.417. The minimum atomic E-state index is -1.09. The number of anilines is 1. The molecule has 6 nitrogen and oxygen atoms in total. The molecule has 1 unspecified atom stereocenters. The highest BCUT2D eigenvalue weighted by Gasteiger charge is 2.26. The number of rotatable bonds is 6. The van der Waals surface area contributed by atoms with E-state index in [1.165, 1.54) is 17.4 Å². The number of urea groups is 1. The molecule has 1 aromatic rings. The zero-order valence-corrected chi connectivity index (χ0v) is 11.1. The van der Waals surface area contributed by atoms with Crippen molar-refractivity contribution in [2.75, 3.05) is 5.32 Å². The van der Waals surface area contributed by atoms with Crippen LogP contribution >= 0.6 is 11.3 Å². The number of hydrogen-bond acceptors (Lipinski definition) is 4. The fourth-order valence-corrected chi connectivity index (χ4v) is 2.38. The van der Waals surface area contributed by atoms with Crippen molar-refractivity contribution in [3.63, 3.8) is 0 Å². The van der Waals surface area contributed by atoms with Gasteiger partial charge in [-0.25, -0.2) is 14.6 Å². The van der Waals surface area contributed by atoms with Crippen LogP contribution < -0.4 is 10.6 Å². The van der Waals surface area contributed by atoms with Crippen LogP contribution in [0.3, 0.4) is 0 Å². The van der Waals surface area contributed by atoms with Gasteiger partial charge in [-0.1, -0.05) is 6.08 Å². The molecule has 102 valence electrons. The molecule has 1 saturated carbocycles. The van der Waals surface area contributed by atoms with E-state index in [-0.39, 0.29) is 6.42 Å². The van der Waals surface area contributed by atoms with E-state index < -0.39 is 18.0 Å². The van der Waals surface area contributed by atoms with Crippen LogP contribution in [0, 0.1) is 0 Å². The van der Waals surface area contributed by atoms with E-state index in [0.29, 0.717) is 11.0 Å². The van der Waals surface area contributed by atoms with Crippen LogP contribution in [0.1, 0.15) is 30.9 Å². The lowest BCUT2D eigenvalue weighted by molar-refractivity contribution is -0.139. The zero-order chi connectivity index (χ0) is 13.8. The Hall–Kier alpha value is -1.89. The number of aromatic nitrogens is 1. The summed E-state index contributed by atoms with van der Waals surface area (Å²) in [6.45, 7) is 3.46. The van der Waals surface area contributed by atoms with Gasteiger partial charge in [-0.05, 0) is 19.3 Å². The van der Waals surface area contributed by atoms with Crippen molar-refractivity contribution in [3.8, 4) is 0 Å². The third-order valence-electron chi connectivity index (χ3n) is 2.74. The molecule has 0 aromatic carbocycles. The number of hydrogen-bond donors (Lipinski definition) is 3. The summed E-state index contributed by atoms with van der Waals surface area (Å²) in [6, 6.07) is -1.54. The van der Waals surface area contributed by atoms with Crippen LogP contribution in [0.15, 0.2) is 18.0 Å². The van der Waals surface area contributed by atoms with Gasteiger partial charge in [-0.2, -0.15) is 0 Å². The van der Waals surface area contributed by atoms with Crippen LogP contribution in [-0.2, 0) is 4.79 Å². The topological polar surface area (TPSA) is 91.3 Å². The number of aliphatic carboxylic acids is 1. The summed E-state index contributed by atoms with van der Waals surface area (Å²) in [5, 5.41) is 16.2. The molecule has 2 amide bonds. The minimum absolute atomic E-state index is 0.175. The van der Waals surface area contributed by atoms with E-state index in [4.69, 9.17) is 5.11 Å². The number of thiazole rings is 1. The first-order valence-electron chi connectivity index (χ1n) is 5.96. The van der Waals surface area contributed by atoms with Crippen LogP contribution in [0.5, 0.6) is 0 Å². The largest absolute Gasteiger partial charge is 0.480 e. The first kappa shape index (κ1) is 13.5. The molecule has 0 aliphatic heterocycles. The summed E-state index contributed by atoms with van der Waals surface area (Å²) in [5.74, 6) is -0.560. The number of carbonyl (C=O) groups is 2. The zero-order valence-electron chi connectivity index (χ0n) is 10.3. The van der Waals surface area contributed by atoms with Crippen LogP contribution in [0.2, 0.25) is 0 Å². The van der Waals surface area contributed by atoms with Gasteiger partial charge in [-0.3, -0.25) is 5.32 Å². The van der Waals surface area contributed by atoms with Gasteiger partial charge in [0.15, 0.2) is 5.13 Å². The monoisotopic (exact) mass is 281 g/mol. The molecule has 0 bridgehead atoms. The molecule has 0 radical (unpaired) electrons. The summed E-state index contributed by atoms with van der Waals surface area (Å²) in [5.41, 5.74) is 1.00. The van der Waals surface area contributed by atoms with Crippen LogP contribution in [0.4, 0.5) is 9.93 Å². The van der Waals surface area contributed by atoms with Crippen molar-refractivity contribution in [2.45, 2.75) is 31.2 Å². The summed E-state index contributed by atoms with van der Waals surface area (Å²) in [4.78, 5) is 26.8. The Balaban J connectivity index is 1.88. The number of amides is 2. The van der Waals surface area contributed by atoms with Crippen LogP contribution in [-0.4, -0.2) is 28.1 Å². The molecule has 1 aliphatic carbocycles. The molecule has 2 rings (SSSR count). The molecule has 1 fully saturated rings. The van der Waals surface area contributed by atoms with E-state index >= 15 is 0 Å². The van der Waals surface area contributed by atoms with Crippen molar-refractivity contribution in [2.24, 2.45) is 0 Å². The smallest absolute Gasteiger partial charge is 0.326 e. The molecule has 3 N–H and O–H groups in total. The van der Waals surface area contributed by atoms with Crippen molar-refractivity contribution in [1.82, 2.24) is 10.3 Å². The normalized spacial score (nSPS) is 15.6. The van der Waals surface area contributed by atoms with Crippen LogP contribution in [0.25, 0.3) is 0 Å². The van der Waals surface area contributed by atoms with Gasteiger partial charge in [0.25, 0.3) is 0 Å². The second kappa shape index (κ2) is 5.83. The maximum atomic E-state index is 11.6. The average molecular weight is 281 g/mol. The van der Waals surface area contributed by atoms with Crippen molar-refractivity contribution >= 4 is 28.5 Å². The first-order valence-corrected chi connectivity index (χ1v) is 6.84. The Labute approximate surface area is 114 Å². The molecule has 7 heteroatoms. The highest BCUT2D eigenvalue weighted by molar-refractivity contribution is 7.13. The lowest BCUT2D eigenvalue weighted by Gasteiger charge is -2.12. The number of carboxylic acid groups (broad SMARTS) is 1. The van der Waals surface area contributed by atoms with Crippen molar-refractivity contribution in [3.05, 3.63) is 23.7 Å². The van der Waals surface area contributed by atoms with Gasteiger partial charge in [0.05, 0.1) is 5.69 Å². The molecule has 1 aromatic heterocycles. The third kappa shape index (κ3) is 3.78. The SMILES string of the molecule is C=CCC(NC(=O)Nc1nc(C2CC2)cs1)C(=O)O.